The molecular formula is C25H27ClN2O3S. The van der Waals surface area contributed by atoms with Crippen LogP contribution in [0.2, 0.25) is 5.02 Å². The molecule has 0 aromatic heterocycles. The summed E-state index contributed by atoms with van der Waals surface area (Å²) in [6.45, 7) is 5.50. The highest BCUT2D eigenvalue weighted by Gasteiger charge is 2.27. The molecule has 7 heteroatoms. The highest BCUT2D eigenvalue weighted by atomic mass is 35.5. The maximum atomic E-state index is 13.4. The molecule has 0 aliphatic rings. The van der Waals surface area contributed by atoms with Crippen LogP contribution in [0.25, 0.3) is 0 Å². The smallest absolute Gasteiger partial charge is 0.264 e. The minimum absolute atomic E-state index is 0.0689. The molecule has 0 aliphatic heterocycles. The third-order valence-corrected chi connectivity index (χ3v) is 7.28. The zero-order chi connectivity index (χ0) is 23.3. The Hall–Kier alpha value is -2.83. The lowest BCUT2D eigenvalue weighted by molar-refractivity contribution is -0.120. The summed E-state index contributed by atoms with van der Waals surface area (Å²) in [6, 6.07) is 20.7. The summed E-state index contributed by atoms with van der Waals surface area (Å²) in [5.41, 5.74) is 3.49. The lowest BCUT2D eigenvalue weighted by Gasteiger charge is -2.25. The Labute approximate surface area is 195 Å². The molecule has 1 atom stereocenters. The molecule has 5 nitrogen and oxygen atoms in total. The van der Waals surface area contributed by atoms with Gasteiger partial charge in [0.1, 0.15) is 6.54 Å². The van der Waals surface area contributed by atoms with Gasteiger partial charge < -0.3 is 5.32 Å². The Kier molecular flexibility index (Phi) is 7.59. The number of carbonyl (C=O) groups excluding carboxylic acids is 1. The molecule has 168 valence electrons. The molecule has 3 aromatic carbocycles. The normalized spacial score (nSPS) is 12.2. The first-order valence-electron chi connectivity index (χ1n) is 10.4. The predicted molar refractivity (Wildman–Crippen MR) is 130 cm³/mol. The van der Waals surface area contributed by atoms with Crippen LogP contribution in [-0.2, 0) is 21.2 Å². The summed E-state index contributed by atoms with van der Waals surface area (Å²) in [7, 11) is -3.98. The van der Waals surface area contributed by atoms with Gasteiger partial charge in [0.05, 0.1) is 16.6 Å². The van der Waals surface area contributed by atoms with Gasteiger partial charge in [0.2, 0.25) is 5.91 Å². The molecule has 1 amide bonds. The lowest BCUT2D eigenvalue weighted by Crippen LogP contribution is -2.41. The van der Waals surface area contributed by atoms with E-state index in [-0.39, 0.29) is 17.5 Å². The van der Waals surface area contributed by atoms with Gasteiger partial charge in [-0.2, -0.15) is 0 Å². The fraction of sp³-hybridized carbons (Fsp3) is 0.240. The molecule has 0 aliphatic carbocycles. The van der Waals surface area contributed by atoms with Crippen molar-refractivity contribution in [1.82, 2.24) is 5.32 Å². The summed E-state index contributed by atoms with van der Waals surface area (Å²) >= 11 is 5.93. The minimum atomic E-state index is -3.98. The van der Waals surface area contributed by atoms with E-state index in [1.54, 1.807) is 18.2 Å². The summed E-state index contributed by atoms with van der Waals surface area (Å²) in [5.74, 6) is -0.392. The van der Waals surface area contributed by atoms with Crippen LogP contribution >= 0.6 is 11.6 Å². The maximum absolute atomic E-state index is 13.4. The largest absolute Gasteiger partial charge is 0.348 e. The monoisotopic (exact) mass is 470 g/mol. The second-order valence-electron chi connectivity index (χ2n) is 7.69. The number of nitrogens with zero attached hydrogens (tertiary/aromatic N) is 1. The minimum Gasteiger partial charge on any atom is -0.348 e. The van der Waals surface area contributed by atoms with E-state index < -0.39 is 15.9 Å². The Bertz CT molecular complexity index is 1180. The van der Waals surface area contributed by atoms with Gasteiger partial charge in [0.15, 0.2) is 0 Å². The topological polar surface area (TPSA) is 66.5 Å². The van der Waals surface area contributed by atoms with Gasteiger partial charge in [0, 0.05) is 5.02 Å². The van der Waals surface area contributed by atoms with E-state index in [9.17, 15) is 13.2 Å². The summed E-state index contributed by atoms with van der Waals surface area (Å²) in [4.78, 5) is 13.0. The zero-order valence-corrected chi connectivity index (χ0v) is 20.0. The number of hydrogen-bond acceptors (Lipinski definition) is 3. The third kappa shape index (κ3) is 5.69. The lowest BCUT2D eigenvalue weighted by atomic mass is 10.1. The Balaban J connectivity index is 1.86. The van der Waals surface area contributed by atoms with Crippen molar-refractivity contribution in [3.05, 3.63) is 94.5 Å². The average molecular weight is 471 g/mol. The highest BCUT2D eigenvalue weighted by molar-refractivity contribution is 7.92. The first-order chi connectivity index (χ1) is 15.2. The van der Waals surface area contributed by atoms with Gasteiger partial charge in [-0.3, -0.25) is 9.10 Å². The Morgan fingerprint density at radius 3 is 2.28 bits per heavy atom. The van der Waals surface area contributed by atoms with E-state index in [1.165, 1.54) is 29.8 Å². The quantitative estimate of drug-likeness (QED) is 0.486. The number of halogens is 1. The molecule has 0 radical (unpaired) electrons. The molecular weight excluding hydrogens is 444 g/mol. The van der Waals surface area contributed by atoms with Gasteiger partial charge in [-0.15, -0.1) is 0 Å². The van der Waals surface area contributed by atoms with Crippen molar-refractivity contribution in [2.24, 2.45) is 0 Å². The fourth-order valence-corrected chi connectivity index (χ4v) is 4.91. The van der Waals surface area contributed by atoms with Crippen molar-refractivity contribution in [3.8, 4) is 0 Å². The molecule has 0 spiro atoms. The summed E-state index contributed by atoms with van der Waals surface area (Å²) in [6.07, 6.45) is 0.940. The number of aryl methyl sites for hydroxylation is 2. The molecule has 3 aromatic rings. The number of hydrogen-bond donors (Lipinski definition) is 1. The van der Waals surface area contributed by atoms with Crippen LogP contribution in [0.15, 0.2) is 77.7 Å². The number of benzene rings is 3. The van der Waals surface area contributed by atoms with Gasteiger partial charge in [-0.25, -0.2) is 8.42 Å². The van der Waals surface area contributed by atoms with Crippen molar-refractivity contribution in [1.29, 1.82) is 0 Å². The number of anilines is 1. The van der Waals surface area contributed by atoms with Gasteiger partial charge >= 0.3 is 0 Å². The molecule has 0 heterocycles. The fourth-order valence-electron chi connectivity index (χ4n) is 3.37. The predicted octanol–water partition coefficient (Wildman–Crippen LogP) is 5.28. The van der Waals surface area contributed by atoms with E-state index in [2.05, 4.69) is 12.2 Å². The summed E-state index contributed by atoms with van der Waals surface area (Å²) < 4.78 is 28.0. The Morgan fingerprint density at radius 2 is 1.69 bits per heavy atom. The van der Waals surface area contributed by atoms with E-state index >= 15 is 0 Å². The molecule has 1 unspecified atom stereocenters. The van der Waals surface area contributed by atoms with Crippen LogP contribution in [0.5, 0.6) is 0 Å². The summed E-state index contributed by atoms with van der Waals surface area (Å²) in [5, 5.41) is 3.35. The maximum Gasteiger partial charge on any atom is 0.264 e. The van der Waals surface area contributed by atoms with Gasteiger partial charge in [-0.05, 0) is 73.4 Å². The number of amides is 1. The van der Waals surface area contributed by atoms with Crippen molar-refractivity contribution >= 4 is 33.2 Å². The van der Waals surface area contributed by atoms with Crippen LogP contribution in [0.3, 0.4) is 0 Å². The zero-order valence-electron chi connectivity index (χ0n) is 18.4. The molecule has 0 saturated carbocycles. The number of rotatable bonds is 8. The molecule has 0 bridgehead atoms. The molecule has 3 rings (SSSR count). The van der Waals surface area contributed by atoms with Crippen LogP contribution in [0.1, 0.15) is 36.6 Å². The second-order valence-corrected chi connectivity index (χ2v) is 9.99. The Morgan fingerprint density at radius 1 is 1.03 bits per heavy atom. The van der Waals surface area contributed by atoms with Crippen LogP contribution in [0, 0.1) is 6.92 Å². The average Bonchev–Trinajstić information content (AvgIpc) is 2.77. The van der Waals surface area contributed by atoms with Crippen LogP contribution in [-0.4, -0.2) is 20.9 Å². The van der Waals surface area contributed by atoms with Crippen molar-refractivity contribution in [2.45, 2.75) is 38.1 Å². The highest BCUT2D eigenvalue weighted by Crippen LogP contribution is 2.25. The number of sulfonamides is 1. The first-order valence-corrected chi connectivity index (χ1v) is 12.3. The van der Waals surface area contributed by atoms with E-state index in [1.807, 2.05) is 44.2 Å². The SMILES string of the molecule is CCc1ccc(C(C)NC(=O)CN(c2cccc(C)c2)S(=O)(=O)c2ccc(Cl)cc2)cc1. The van der Waals surface area contributed by atoms with Gasteiger partial charge in [-0.1, -0.05) is 54.9 Å². The van der Waals surface area contributed by atoms with E-state index in [0.717, 1.165) is 21.9 Å². The van der Waals surface area contributed by atoms with Crippen molar-refractivity contribution in [2.75, 3.05) is 10.8 Å². The van der Waals surface area contributed by atoms with E-state index in [0.29, 0.717) is 10.7 Å². The second kappa shape index (κ2) is 10.2. The molecule has 1 N–H and O–H groups in total. The van der Waals surface area contributed by atoms with E-state index in [4.69, 9.17) is 11.6 Å². The van der Waals surface area contributed by atoms with Crippen LogP contribution < -0.4 is 9.62 Å². The third-order valence-electron chi connectivity index (χ3n) is 5.24. The van der Waals surface area contributed by atoms with Crippen molar-refractivity contribution < 1.29 is 13.2 Å². The first kappa shape index (κ1) is 23.8. The number of carbonyl (C=O) groups is 1. The molecule has 32 heavy (non-hydrogen) atoms. The van der Waals surface area contributed by atoms with Crippen molar-refractivity contribution in [3.63, 3.8) is 0 Å². The number of nitrogens with one attached hydrogen (secondary N) is 1. The van der Waals surface area contributed by atoms with Gasteiger partial charge in [0.25, 0.3) is 10.0 Å². The molecule has 0 fully saturated rings. The van der Waals surface area contributed by atoms with Crippen LogP contribution in [0.4, 0.5) is 5.69 Å². The molecule has 0 saturated heterocycles. The standard InChI is InChI=1S/C25H27ClN2O3S/c1-4-20-8-10-21(11-9-20)19(3)27-25(29)17-28(23-7-5-6-18(2)16-23)32(30,31)24-14-12-22(26)13-15-24/h5-16,19H,4,17H2,1-3H3,(H,27,29).